The van der Waals surface area contributed by atoms with Gasteiger partial charge in [0.1, 0.15) is 6.54 Å². The van der Waals surface area contributed by atoms with Crippen LogP contribution < -0.4 is 10.9 Å². The Bertz CT molecular complexity index is 929. The van der Waals surface area contributed by atoms with Crippen LogP contribution >= 0.6 is 0 Å². The lowest BCUT2D eigenvalue weighted by atomic mass is 9.83. The molecule has 1 aliphatic carbocycles. The van der Waals surface area contributed by atoms with E-state index in [-0.39, 0.29) is 29.7 Å². The number of amides is 1. The summed E-state index contributed by atoms with van der Waals surface area (Å²) in [5.41, 5.74) is 3.45. The van der Waals surface area contributed by atoms with Crippen LogP contribution in [0.2, 0.25) is 0 Å². The second-order valence-corrected chi connectivity index (χ2v) is 7.80. The zero-order valence-electron chi connectivity index (χ0n) is 16.7. The van der Waals surface area contributed by atoms with Crippen molar-refractivity contribution in [1.29, 1.82) is 0 Å². The smallest absolute Gasteiger partial charge is 0.267 e. The van der Waals surface area contributed by atoms with Crippen molar-refractivity contribution in [1.82, 2.24) is 15.1 Å². The van der Waals surface area contributed by atoms with Gasteiger partial charge in [-0.1, -0.05) is 38.1 Å². The van der Waals surface area contributed by atoms with Gasteiger partial charge in [0.15, 0.2) is 5.78 Å². The molecule has 0 saturated heterocycles. The normalized spacial score (nSPS) is 15.9. The highest BCUT2D eigenvalue weighted by Crippen LogP contribution is 2.27. The Hall–Kier alpha value is -2.76. The van der Waals surface area contributed by atoms with E-state index < -0.39 is 0 Å². The lowest BCUT2D eigenvalue weighted by Crippen LogP contribution is -2.34. The number of benzene rings is 1. The van der Waals surface area contributed by atoms with Crippen LogP contribution in [0.1, 0.15) is 59.8 Å². The van der Waals surface area contributed by atoms with E-state index in [4.69, 9.17) is 0 Å². The first kappa shape index (κ1) is 20.0. The molecule has 0 saturated carbocycles. The average Bonchev–Trinajstić information content (AvgIpc) is 2.68. The number of carbonyl (C=O) groups excluding carboxylic acids is 2. The second kappa shape index (κ2) is 8.50. The van der Waals surface area contributed by atoms with Crippen molar-refractivity contribution in [2.45, 2.75) is 52.0 Å². The molecular weight excluding hydrogens is 354 g/mol. The minimum atomic E-state index is -0.279. The molecule has 1 aromatic heterocycles. The molecule has 1 N–H and O–H groups in total. The van der Waals surface area contributed by atoms with Gasteiger partial charge in [0.2, 0.25) is 5.91 Å². The number of aromatic nitrogens is 2. The second-order valence-electron chi connectivity index (χ2n) is 7.80. The lowest BCUT2D eigenvalue weighted by Gasteiger charge is -2.23. The largest absolute Gasteiger partial charge is 0.358 e. The zero-order valence-corrected chi connectivity index (χ0v) is 16.7. The van der Waals surface area contributed by atoms with E-state index in [0.29, 0.717) is 25.2 Å². The van der Waals surface area contributed by atoms with E-state index in [1.54, 1.807) is 6.07 Å². The summed E-state index contributed by atoms with van der Waals surface area (Å²) in [4.78, 5) is 36.4. The summed E-state index contributed by atoms with van der Waals surface area (Å²) in [6.45, 7) is 4.19. The van der Waals surface area contributed by atoms with Crippen LogP contribution in [0, 0.1) is 5.92 Å². The summed E-state index contributed by atoms with van der Waals surface area (Å²) >= 11 is 0. The molecule has 0 bridgehead atoms. The van der Waals surface area contributed by atoms with Gasteiger partial charge in [0.25, 0.3) is 5.56 Å². The number of nitrogens with zero attached hydrogens (tertiary/aromatic N) is 2. The van der Waals surface area contributed by atoms with Gasteiger partial charge in [-0.05, 0) is 42.2 Å². The lowest BCUT2D eigenvalue weighted by molar-refractivity contribution is -0.121. The number of Topliss-reactive ketones (excluding diaryl/α,β-unsaturated/α-hetero) is 1. The molecule has 0 spiro atoms. The Morgan fingerprint density at radius 3 is 2.61 bits per heavy atom. The van der Waals surface area contributed by atoms with Crippen molar-refractivity contribution in [3.8, 4) is 0 Å². The van der Waals surface area contributed by atoms with Crippen LogP contribution in [0.4, 0.5) is 0 Å². The topological polar surface area (TPSA) is 81.1 Å². The van der Waals surface area contributed by atoms with Gasteiger partial charge >= 0.3 is 0 Å². The third kappa shape index (κ3) is 4.55. The maximum Gasteiger partial charge on any atom is 0.267 e. The van der Waals surface area contributed by atoms with Crippen LogP contribution in [0.5, 0.6) is 0 Å². The van der Waals surface area contributed by atoms with Crippen LogP contribution in [0.15, 0.2) is 35.1 Å². The minimum Gasteiger partial charge on any atom is -0.358 e. The Balaban J connectivity index is 1.68. The predicted octanol–water partition coefficient (Wildman–Crippen LogP) is 2.49. The first-order valence-electron chi connectivity index (χ1n) is 9.81. The molecule has 1 aromatic carbocycles. The van der Waals surface area contributed by atoms with E-state index in [0.717, 1.165) is 23.2 Å². The van der Waals surface area contributed by atoms with Crippen molar-refractivity contribution in [2.75, 3.05) is 7.05 Å². The number of nitrogens with one attached hydrogen (secondary N) is 1. The summed E-state index contributed by atoms with van der Waals surface area (Å²) in [7, 11) is 1.53. The van der Waals surface area contributed by atoms with Gasteiger partial charge in [-0.3, -0.25) is 14.4 Å². The molecule has 28 heavy (non-hydrogen) atoms. The van der Waals surface area contributed by atoms with Crippen LogP contribution in [0.25, 0.3) is 0 Å². The van der Waals surface area contributed by atoms with Crippen LogP contribution in [0.3, 0.4) is 0 Å². The standard InChI is InChI=1S/C22H27N3O3/c1-14(2)16-5-7-17(8-6-16)20(26)11-15-4-9-19-18(10-15)12-22(28)25(24-19)13-21(27)23-3/h5-8,12,14-15H,4,9-11,13H2,1-3H3,(H,23,27). The van der Waals surface area contributed by atoms with Crippen molar-refractivity contribution in [2.24, 2.45) is 5.92 Å². The van der Waals surface area contributed by atoms with Gasteiger partial charge in [-0.2, -0.15) is 5.10 Å². The van der Waals surface area contributed by atoms with E-state index in [1.165, 1.54) is 17.3 Å². The molecule has 6 nitrogen and oxygen atoms in total. The van der Waals surface area contributed by atoms with Gasteiger partial charge in [0, 0.05) is 25.1 Å². The van der Waals surface area contributed by atoms with Crippen molar-refractivity contribution in [3.63, 3.8) is 0 Å². The molecule has 2 aromatic rings. The Kier molecular flexibility index (Phi) is 6.07. The first-order chi connectivity index (χ1) is 13.4. The monoisotopic (exact) mass is 381 g/mol. The fourth-order valence-corrected chi connectivity index (χ4v) is 3.64. The molecule has 6 heteroatoms. The maximum absolute atomic E-state index is 12.7. The third-order valence-electron chi connectivity index (χ3n) is 5.41. The molecule has 3 rings (SSSR count). The van der Waals surface area contributed by atoms with Crippen LogP contribution in [-0.4, -0.2) is 28.5 Å². The van der Waals surface area contributed by atoms with Crippen molar-refractivity contribution in [3.05, 3.63) is 63.1 Å². The summed E-state index contributed by atoms with van der Waals surface area (Å²) in [5.74, 6) is 0.543. The molecule has 1 heterocycles. The molecule has 1 atom stereocenters. The SMILES string of the molecule is CNC(=O)Cn1nc2c(cc1=O)CC(CC(=O)c1ccc(C(C)C)cc1)CC2. The Morgan fingerprint density at radius 1 is 1.25 bits per heavy atom. The highest BCUT2D eigenvalue weighted by Gasteiger charge is 2.24. The third-order valence-corrected chi connectivity index (χ3v) is 5.41. The van der Waals surface area contributed by atoms with Gasteiger partial charge < -0.3 is 5.32 Å². The Labute approximate surface area is 165 Å². The van der Waals surface area contributed by atoms with Gasteiger partial charge in [-0.25, -0.2) is 4.68 Å². The van der Waals surface area contributed by atoms with E-state index in [9.17, 15) is 14.4 Å². The number of carbonyl (C=O) groups is 2. The summed E-state index contributed by atoms with van der Waals surface area (Å²) in [5, 5.41) is 6.86. The molecule has 1 aliphatic rings. The molecule has 0 fully saturated rings. The fraction of sp³-hybridized carbons (Fsp3) is 0.455. The molecular formula is C22H27N3O3. The fourth-order valence-electron chi connectivity index (χ4n) is 3.64. The predicted molar refractivity (Wildman–Crippen MR) is 108 cm³/mol. The summed E-state index contributed by atoms with van der Waals surface area (Å²) in [6, 6.07) is 9.43. The number of fused-ring (bicyclic) bond motifs is 1. The highest BCUT2D eigenvalue weighted by atomic mass is 16.2. The average molecular weight is 381 g/mol. The number of hydrogen-bond acceptors (Lipinski definition) is 4. The summed E-state index contributed by atoms with van der Waals surface area (Å²) in [6.07, 6.45) is 2.72. The van der Waals surface area contributed by atoms with E-state index in [2.05, 4.69) is 24.3 Å². The van der Waals surface area contributed by atoms with Gasteiger partial charge in [-0.15, -0.1) is 0 Å². The first-order valence-corrected chi connectivity index (χ1v) is 9.81. The van der Waals surface area contributed by atoms with E-state index in [1.807, 2.05) is 24.3 Å². The number of ketones is 1. The quantitative estimate of drug-likeness (QED) is 0.780. The molecule has 1 unspecified atom stereocenters. The minimum absolute atomic E-state index is 0.0725. The van der Waals surface area contributed by atoms with Crippen molar-refractivity contribution < 1.29 is 9.59 Å². The van der Waals surface area contributed by atoms with E-state index >= 15 is 0 Å². The van der Waals surface area contributed by atoms with Gasteiger partial charge in [0.05, 0.1) is 5.69 Å². The molecule has 1 amide bonds. The molecule has 0 radical (unpaired) electrons. The van der Waals surface area contributed by atoms with Crippen molar-refractivity contribution >= 4 is 11.7 Å². The highest BCUT2D eigenvalue weighted by molar-refractivity contribution is 5.96. The number of hydrogen-bond donors (Lipinski definition) is 1. The molecule has 148 valence electrons. The number of rotatable bonds is 6. The zero-order chi connectivity index (χ0) is 20.3. The Morgan fingerprint density at radius 2 is 1.96 bits per heavy atom. The number of likely N-dealkylation sites (N-methyl/N-ethyl adjacent to an activating group) is 1. The maximum atomic E-state index is 12.7. The van der Waals surface area contributed by atoms with Crippen LogP contribution in [-0.2, 0) is 24.2 Å². The summed E-state index contributed by atoms with van der Waals surface area (Å²) < 4.78 is 1.21. The number of aryl methyl sites for hydroxylation is 1. The molecule has 0 aliphatic heterocycles.